The Morgan fingerprint density at radius 2 is 2.00 bits per heavy atom. The Labute approximate surface area is 175 Å². The quantitative estimate of drug-likeness (QED) is 0.362. The second-order valence-electron chi connectivity index (χ2n) is 6.28. The first-order valence-corrected chi connectivity index (χ1v) is 9.12. The number of nitro groups is 1. The van der Waals surface area contributed by atoms with Gasteiger partial charge in [0.05, 0.1) is 22.6 Å². The van der Waals surface area contributed by atoms with E-state index in [2.05, 4.69) is 10.5 Å². The summed E-state index contributed by atoms with van der Waals surface area (Å²) >= 11 is 6.11. The van der Waals surface area contributed by atoms with Gasteiger partial charge in [-0.2, -0.15) is 5.10 Å². The summed E-state index contributed by atoms with van der Waals surface area (Å²) in [5.74, 6) is 1.62. The lowest BCUT2D eigenvalue weighted by molar-refractivity contribution is -0.384. The van der Waals surface area contributed by atoms with Crippen LogP contribution in [0.4, 0.5) is 5.69 Å². The van der Waals surface area contributed by atoms with E-state index in [1.54, 1.807) is 30.3 Å². The lowest BCUT2D eigenvalue weighted by Crippen LogP contribution is -2.19. The maximum absolute atomic E-state index is 12.1. The van der Waals surface area contributed by atoms with Crippen LogP contribution in [0.1, 0.15) is 11.3 Å². The lowest BCUT2D eigenvalue weighted by atomic mass is 10.1. The molecule has 0 unspecified atom stereocenters. The number of rotatable bonds is 6. The molecule has 3 aromatic rings. The Hall–Kier alpha value is -3.85. The highest BCUT2D eigenvalue weighted by Crippen LogP contribution is 2.33. The first-order chi connectivity index (χ1) is 14.5. The molecule has 30 heavy (non-hydrogen) atoms. The van der Waals surface area contributed by atoms with E-state index in [1.165, 1.54) is 24.4 Å². The Kier molecular flexibility index (Phi) is 5.36. The van der Waals surface area contributed by atoms with Crippen LogP contribution in [0.2, 0.25) is 5.02 Å². The van der Waals surface area contributed by atoms with Gasteiger partial charge in [0.1, 0.15) is 11.5 Å². The van der Waals surface area contributed by atoms with Gasteiger partial charge < -0.3 is 13.9 Å². The number of carbonyl (C=O) groups is 1. The molecule has 0 fully saturated rings. The van der Waals surface area contributed by atoms with E-state index in [0.717, 1.165) is 5.56 Å². The largest absolute Gasteiger partial charge is 0.455 e. The predicted molar refractivity (Wildman–Crippen MR) is 108 cm³/mol. The zero-order chi connectivity index (χ0) is 21.1. The predicted octanol–water partition coefficient (Wildman–Crippen LogP) is 3.93. The number of hydrazone groups is 1. The van der Waals surface area contributed by atoms with Gasteiger partial charge in [0.25, 0.3) is 5.69 Å². The van der Waals surface area contributed by atoms with E-state index in [9.17, 15) is 14.9 Å². The van der Waals surface area contributed by atoms with Crippen molar-refractivity contribution in [3.63, 3.8) is 0 Å². The van der Waals surface area contributed by atoms with E-state index in [1.807, 2.05) is 0 Å². The van der Waals surface area contributed by atoms with Crippen molar-refractivity contribution < 1.29 is 23.6 Å². The molecular formula is C20H14ClN3O6. The number of ether oxygens (including phenoxy) is 2. The van der Waals surface area contributed by atoms with Crippen molar-refractivity contribution in [2.75, 3.05) is 6.79 Å². The van der Waals surface area contributed by atoms with Crippen molar-refractivity contribution >= 4 is 29.4 Å². The molecule has 152 valence electrons. The number of furan rings is 1. The number of hydrogen-bond acceptors (Lipinski definition) is 7. The van der Waals surface area contributed by atoms with Gasteiger partial charge in [-0.05, 0) is 35.9 Å². The SMILES string of the molecule is O=C(Cc1ccc2c(c1)OCO2)N/N=C\c1ccc(-c2cc([N+](=O)[O-])ccc2Cl)o1. The molecule has 0 aliphatic carbocycles. The van der Waals surface area contributed by atoms with Gasteiger partial charge in [0, 0.05) is 17.7 Å². The van der Waals surface area contributed by atoms with Gasteiger partial charge in [-0.25, -0.2) is 5.43 Å². The minimum atomic E-state index is -0.513. The molecule has 0 saturated heterocycles. The Balaban J connectivity index is 1.38. The highest BCUT2D eigenvalue weighted by Gasteiger charge is 2.15. The molecular weight excluding hydrogens is 414 g/mol. The Morgan fingerprint density at radius 1 is 1.17 bits per heavy atom. The van der Waals surface area contributed by atoms with E-state index in [4.69, 9.17) is 25.5 Å². The molecule has 1 N–H and O–H groups in total. The average molecular weight is 428 g/mol. The third-order valence-corrected chi connectivity index (χ3v) is 4.57. The molecule has 0 radical (unpaired) electrons. The maximum Gasteiger partial charge on any atom is 0.270 e. The zero-order valence-corrected chi connectivity index (χ0v) is 16.1. The van der Waals surface area contributed by atoms with Gasteiger partial charge >= 0.3 is 0 Å². The van der Waals surface area contributed by atoms with Gasteiger partial charge in [0.2, 0.25) is 12.7 Å². The van der Waals surface area contributed by atoms with E-state index < -0.39 is 4.92 Å². The maximum atomic E-state index is 12.1. The zero-order valence-electron chi connectivity index (χ0n) is 15.3. The van der Waals surface area contributed by atoms with Crippen LogP contribution in [0.15, 0.2) is 58.0 Å². The number of carbonyl (C=O) groups excluding carboxylic acids is 1. The second kappa shape index (κ2) is 8.26. The number of hydrogen-bond donors (Lipinski definition) is 1. The minimum Gasteiger partial charge on any atom is -0.455 e. The number of fused-ring (bicyclic) bond motifs is 1. The van der Waals surface area contributed by atoms with E-state index >= 15 is 0 Å². The van der Waals surface area contributed by atoms with Crippen molar-refractivity contribution in [2.24, 2.45) is 5.10 Å². The third kappa shape index (κ3) is 4.26. The monoisotopic (exact) mass is 427 g/mol. The molecule has 0 spiro atoms. The first-order valence-electron chi connectivity index (χ1n) is 8.74. The number of nitro benzene ring substituents is 1. The topological polar surface area (TPSA) is 116 Å². The highest BCUT2D eigenvalue weighted by molar-refractivity contribution is 6.33. The number of nitrogens with one attached hydrogen (secondary N) is 1. The molecule has 0 saturated carbocycles. The van der Waals surface area contributed by atoms with E-state index in [0.29, 0.717) is 33.6 Å². The van der Waals surface area contributed by atoms with Crippen molar-refractivity contribution in [3.05, 3.63) is 75.0 Å². The van der Waals surface area contributed by atoms with Crippen molar-refractivity contribution in [1.29, 1.82) is 0 Å². The normalized spacial score (nSPS) is 12.3. The van der Waals surface area contributed by atoms with Crippen LogP contribution < -0.4 is 14.9 Å². The van der Waals surface area contributed by atoms with Gasteiger partial charge in [-0.15, -0.1) is 0 Å². The van der Waals surface area contributed by atoms with Gasteiger partial charge in [-0.1, -0.05) is 17.7 Å². The van der Waals surface area contributed by atoms with Gasteiger partial charge in [-0.3, -0.25) is 14.9 Å². The van der Waals surface area contributed by atoms with Crippen LogP contribution in [-0.2, 0) is 11.2 Å². The highest BCUT2D eigenvalue weighted by atomic mass is 35.5. The van der Waals surface area contributed by atoms with Crippen molar-refractivity contribution in [2.45, 2.75) is 6.42 Å². The first kappa shape index (κ1) is 19.5. The number of amides is 1. The van der Waals surface area contributed by atoms with Crippen LogP contribution in [0.5, 0.6) is 11.5 Å². The minimum absolute atomic E-state index is 0.100. The lowest BCUT2D eigenvalue weighted by Gasteiger charge is -2.02. The molecule has 9 nitrogen and oxygen atoms in total. The fourth-order valence-electron chi connectivity index (χ4n) is 2.83. The molecule has 0 bridgehead atoms. The van der Waals surface area contributed by atoms with Crippen molar-refractivity contribution in [3.8, 4) is 22.8 Å². The summed E-state index contributed by atoms with van der Waals surface area (Å²) < 4.78 is 16.1. The van der Waals surface area contributed by atoms with Crippen LogP contribution in [0, 0.1) is 10.1 Å². The molecule has 1 amide bonds. The number of nitrogens with zero attached hydrogens (tertiary/aromatic N) is 2. The molecule has 0 atom stereocenters. The van der Waals surface area contributed by atoms with Gasteiger partial charge in [0.15, 0.2) is 11.5 Å². The smallest absolute Gasteiger partial charge is 0.270 e. The van der Waals surface area contributed by atoms with Crippen LogP contribution in [-0.4, -0.2) is 23.8 Å². The fourth-order valence-corrected chi connectivity index (χ4v) is 3.04. The molecule has 2 heterocycles. The van der Waals surface area contributed by atoms with Crippen molar-refractivity contribution in [1.82, 2.24) is 5.43 Å². The molecule has 1 aliphatic rings. The standard InChI is InChI=1S/C20H14ClN3O6/c21-16-4-2-13(24(26)27)9-15(16)17-6-3-14(30-17)10-22-23-20(25)8-12-1-5-18-19(7-12)29-11-28-18/h1-7,9-10H,8,11H2,(H,23,25)/b22-10-. The summed E-state index contributed by atoms with van der Waals surface area (Å²) in [5, 5.41) is 15.1. The molecule has 10 heteroatoms. The summed E-state index contributed by atoms with van der Waals surface area (Å²) in [7, 11) is 0. The van der Waals surface area contributed by atoms with Crippen LogP contribution in [0.3, 0.4) is 0 Å². The third-order valence-electron chi connectivity index (χ3n) is 4.24. The molecule has 2 aromatic carbocycles. The Morgan fingerprint density at radius 3 is 2.83 bits per heavy atom. The fraction of sp³-hybridized carbons (Fsp3) is 0.100. The number of non-ortho nitro benzene ring substituents is 1. The average Bonchev–Trinajstić information content (AvgIpc) is 3.37. The van der Waals surface area contributed by atoms with E-state index in [-0.39, 0.29) is 24.8 Å². The summed E-state index contributed by atoms with van der Waals surface area (Å²) in [5.41, 5.74) is 3.46. The molecule has 4 rings (SSSR count). The summed E-state index contributed by atoms with van der Waals surface area (Å²) in [6.45, 7) is 0.169. The second-order valence-corrected chi connectivity index (χ2v) is 6.69. The summed E-state index contributed by atoms with van der Waals surface area (Å²) in [4.78, 5) is 22.5. The Bertz CT molecular complexity index is 1160. The number of halogens is 1. The number of benzene rings is 2. The van der Waals surface area contributed by atoms with Crippen LogP contribution in [0.25, 0.3) is 11.3 Å². The van der Waals surface area contributed by atoms with Crippen LogP contribution >= 0.6 is 11.6 Å². The summed E-state index contributed by atoms with van der Waals surface area (Å²) in [6, 6.07) is 12.6. The molecule has 1 aromatic heterocycles. The molecule has 1 aliphatic heterocycles. The summed E-state index contributed by atoms with van der Waals surface area (Å²) in [6.07, 6.45) is 1.44.